The van der Waals surface area contributed by atoms with Crippen LogP contribution in [0.4, 0.5) is 0 Å². The molecule has 0 saturated carbocycles. The van der Waals surface area contributed by atoms with Crippen LogP contribution in [-0.4, -0.2) is 22.9 Å². The molecule has 1 rings (SSSR count). The zero-order chi connectivity index (χ0) is 12.8. The van der Waals surface area contributed by atoms with Crippen LogP contribution in [0.1, 0.15) is 33.4 Å². The molecule has 0 saturated heterocycles. The van der Waals surface area contributed by atoms with Gasteiger partial charge in [0.05, 0.1) is 5.69 Å². The van der Waals surface area contributed by atoms with Crippen LogP contribution in [0.3, 0.4) is 0 Å². The summed E-state index contributed by atoms with van der Waals surface area (Å²) < 4.78 is 1.88. The fourth-order valence-corrected chi connectivity index (χ4v) is 1.90. The highest BCUT2D eigenvalue weighted by Crippen LogP contribution is 2.15. The second-order valence-corrected chi connectivity index (χ2v) is 5.69. The number of hydrogen-bond acceptors (Lipinski definition) is 2. The lowest BCUT2D eigenvalue weighted by atomic mass is 9.91. The number of nitrogens with one attached hydrogen (secondary N) is 1. The van der Waals surface area contributed by atoms with E-state index in [4.69, 9.17) is 0 Å². The fraction of sp³-hybridized carbons (Fsp3) is 0.786. The third-order valence-corrected chi connectivity index (χ3v) is 3.29. The molecule has 0 bridgehead atoms. The SMILES string of the molecule is CC(C)CNCC(C)C(C)Cc1ccn(C)n1. The van der Waals surface area contributed by atoms with Crippen molar-refractivity contribution in [1.82, 2.24) is 15.1 Å². The molecule has 1 heterocycles. The molecule has 1 aromatic heterocycles. The van der Waals surface area contributed by atoms with E-state index in [2.05, 4.69) is 44.2 Å². The van der Waals surface area contributed by atoms with Crippen molar-refractivity contribution in [2.75, 3.05) is 13.1 Å². The lowest BCUT2D eigenvalue weighted by molar-refractivity contribution is 0.354. The quantitative estimate of drug-likeness (QED) is 0.789. The minimum absolute atomic E-state index is 0.671. The third-order valence-electron chi connectivity index (χ3n) is 3.29. The molecule has 3 heteroatoms. The Kier molecular flexibility index (Phi) is 5.69. The van der Waals surface area contributed by atoms with Crippen molar-refractivity contribution < 1.29 is 0 Å². The normalized spacial score (nSPS) is 15.2. The summed E-state index contributed by atoms with van der Waals surface area (Å²) in [7, 11) is 1.97. The van der Waals surface area contributed by atoms with Crippen molar-refractivity contribution in [2.24, 2.45) is 24.8 Å². The molecule has 0 aliphatic heterocycles. The molecule has 0 spiro atoms. The zero-order valence-electron chi connectivity index (χ0n) is 11.9. The van der Waals surface area contributed by atoms with Gasteiger partial charge in [-0.15, -0.1) is 0 Å². The Morgan fingerprint density at radius 1 is 1.18 bits per heavy atom. The van der Waals surface area contributed by atoms with Gasteiger partial charge in [-0.1, -0.05) is 27.7 Å². The van der Waals surface area contributed by atoms with E-state index >= 15 is 0 Å². The monoisotopic (exact) mass is 237 g/mol. The van der Waals surface area contributed by atoms with Crippen LogP contribution in [0.2, 0.25) is 0 Å². The summed E-state index contributed by atoms with van der Waals surface area (Å²) in [6, 6.07) is 2.12. The molecule has 98 valence electrons. The van der Waals surface area contributed by atoms with Crippen LogP contribution in [0.5, 0.6) is 0 Å². The number of hydrogen-bond donors (Lipinski definition) is 1. The van der Waals surface area contributed by atoms with Gasteiger partial charge in [0.2, 0.25) is 0 Å². The molecule has 0 amide bonds. The molecule has 2 unspecified atom stereocenters. The second-order valence-electron chi connectivity index (χ2n) is 5.69. The lowest BCUT2D eigenvalue weighted by Gasteiger charge is -2.20. The van der Waals surface area contributed by atoms with Crippen molar-refractivity contribution >= 4 is 0 Å². The van der Waals surface area contributed by atoms with Crippen LogP contribution in [0, 0.1) is 17.8 Å². The van der Waals surface area contributed by atoms with Gasteiger partial charge < -0.3 is 5.32 Å². The number of nitrogens with zero attached hydrogens (tertiary/aromatic N) is 2. The van der Waals surface area contributed by atoms with Crippen molar-refractivity contribution in [3.05, 3.63) is 18.0 Å². The predicted octanol–water partition coefficient (Wildman–Crippen LogP) is 2.48. The molecule has 0 aliphatic rings. The molecular weight excluding hydrogens is 210 g/mol. The average Bonchev–Trinajstić information content (AvgIpc) is 2.63. The van der Waals surface area contributed by atoms with E-state index in [1.807, 2.05) is 17.9 Å². The van der Waals surface area contributed by atoms with Gasteiger partial charge >= 0.3 is 0 Å². The van der Waals surface area contributed by atoms with Gasteiger partial charge in [0, 0.05) is 13.2 Å². The first-order chi connectivity index (χ1) is 7.99. The average molecular weight is 237 g/mol. The summed E-state index contributed by atoms with van der Waals surface area (Å²) in [4.78, 5) is 0. The summed E-state index contributed by atoms with van der Waals surface area (Å²) >= 11 is 0. The van der Waals surface area contributed by atoms with Gasteiger partial charge in [0.15, 0.2) is 0 Å². The Labute approximate surface area is 106 Å². The maximum absolute atomic E-state index is 4.44. The first-order valence-electron chi connectivity index (χ1n) is 6.68. The Morgan fingerprint density at radius 2 is 1.88 bits per heavy atom. The van der Waals surface area contributed by atoms with E-state index in [1.165, 1.54) is 5.69 Å². The number of aromatic nitrogens is 2. The highest BCUT2D eigenvalue weighted by atomic mass is 15.2. The Balaban J connectivity index is 2.29. The summed E-state index contributed by atoms with van der Waals surface area (Å²) in [5.41, 5.74) is 1.20. The minimum Gasteiger partial charge on any atom is -0.316 e. The molecule has 0 aliphatic carbocycles. The maximum Gasteiger partial charge on any atom is 0.0627 e. The van der Waals surface area contributed by atoms with E-state index in [1.54, 1.807) is 0 Å². The summed E-state index contributed by atoms with van der Waals surface area (Å²) in [6.45, 7) is 11.3. The van der Waals surface area contributed by atoms with Crippen LogP contribution < -0.4 is 5.32 Å². The molecule has 1 aromatic rings. The maximum atomic E-state index is 4.44. The summed E-state index contributed by atoms with van der Waals surface area (Å²) in [5.74, 6) is 2.09. The summed E-state index contributed by atoms with van der Waals surface area (Å²) in [6.07, 6.45) is 3.09. The molecule has 3 nitrogen and oxygen atoms in total. The van der Waals surface area contributed by atoms with E-state index in [0.29, 0.717) is 11.8 Å². The molecule has 2 atom stereocenters. The molecule has 0 radical (unpaired) electrons. The van der Waals surface area contributed by atoms with Gasteiger partial charge in [-0.25, -0.2) is 0 Å². The lowest BCUT2D eigenvalue weighted by Crippen LogP contribution is -2.28. The van der Waals surface area contributed by atoms with E-state index in [-0.39, 0.29) is 0 Å². The molecular formula is C14H27N3. The third kappa shape index (κ3) is 5.35. The zero-order valence-corrected chi connectivity index (χ0v) is 11.9. The highest BCUT2D eigenvalue weighted by Gasteiger charge is 2.13. The van der Waals surface area contributed by atoms with Gasteiger partial charge in [-0.3, -0.25) is 4.68 Å². The Morgan fingerprint density at radius 3 is 2.41 bits per heavy atom. The fourth-order valence-electron chi connectivity index (χ4n) is 1.90. The highest BCUT2D eigenvalue weighted by molar-refractivity contribution is 5.00. The van der Waals surface area contributed by atoms with Crippen molar-refractivity contribution in [2.45, 2.75) is 34.1 Å². The van der Waals surface area contributed by atoms with Crippen LogP contribution in [0.15, 0.2) is 12.3 Å². The molecule has 17 heavy (non-hydrogen) atoms. The first kappa shape index (κ1) is 14.2. The smallest absolute Gasteiger partial charge is 0.0627 e. The topological polar surface area (TPSA) is 29.9 Å². The Bertz CT molecular complexity index is 317. The van der Waals surface area contributed by atoms with Gasteiger partial charge in [-0.2, -0.15) is 5.10 Å². The summed E-state index contributed by atoms with van der Waals surface area (Å²) in [5, 5.41) is 7.97. The number of aryl methyl sites for hydroxylation is 1. The van der Waals surface area contributed by atoms with E-state index in [0.717, 1.165) is 25.4 Å². The molecule has 1 N–H and O–H groups in total. The molecule has 0 aromatic carbocycles. The first-order valence-corrected chi connectivity index (χ1v) is 6.68. The standard InChI is InChI=1S/C14H27N3/c1-11(2)9-15-10-13(4)12(3)8-14-6-7-17(5)16-14/h6-7,11-13,15H,8-10H2,1-5H3. The van der Waals surface area contributed by atoms with Crippen LogP contribution >= 0.6 is 0 Å². The second kappa shape index (κ2) is 6.80. The minimum atomic E-state index is 0.671. The van der Waals surface area contributed by atoms with Crippen LogP contribution in [-0.2, 0) is 13.5 Å². The van der Waals surface area contributed by atoms with E-state index < -0.39 is 0 Å². The van der Waals surface area contributed by atoms with Crippen molar-refractivity contribution in [3.8, 4) is 0 Å². The van der Waals surface area contributed by atoms with Gasteiger partial charge in [0.25, 0.3) is 0 Å². The van der Waals surface area contributed by atoms with E-state index in [9.17, 15) is 0 Å². The van der Waals surface area contributed by atoms with Gasteiger partial charge in [-0.05, 0) is 43.3 Å². The largest absolute Gasteiger partial charge is 0.316 e. The van der Waals surface area contributed by atoms with Crippen molar-refractivity contribution in [3.63, 3.8) is 0 Å². The molecule has 0 fully saturated rings. The number of rotatable bonds is 7. The van der Waals surface area contributed by atoms with Gasteiger partial charge in [0.1, 0.15) is 0 Å². The van der Waals surface area contributed by atoms with Crippen LogP contribution in [0.25, 0.3) is 0 Å². The Hall–Kier alpha value is -0.830. The predicted molar refractivity (Wildman–Crippen MR) is 72.9 cm³/mol. The van der Waals surface area contributed by atoms with Crippen molar-refractivity contribution in [1.29, 1.82) is 0 Å².